The largest absolute Gasteiger partial charge is 0.314 e. The highest BCUT2D eigenvalue weighted by atomic mass is 15.1. The molecule has 0 bridgehead atoms. The molecule has 2 nitrogen and oxygen atoms in total. The van der Waals surface area contributed by atoms with Gasteiger partial charge in [-0.3, -0.25) is 0 Å². The number of nitrogens with one attached hydrogen (secondary N) is 1. The summed E-state index contributed by atoms with van der Waals surface area (Å²) in [6.45, 7) is 8.38. The fourth-order valence-electron chi connectivity index (χ4n) is 2.42. The van der Waals surface area contributed by atoms with Crippen molar-refractivity contribution in [2.45, 2.75) is 52.0 Å². The second kappa shape index (κ2) is 7.24. The monoisotopic (exact) mass is 212 g/mol. The molecule has 0 aromatic rings. The Labute approximate surface area is 95.4 Å². The molecule has 0 aliphatic carbocycles. The van der Waals surface area contributed by atoms with Gasteiger partial charge >= 0.3 is 0 Å². The quantitative estimate of drug-likeness (QED) is 0.728. The molecule has 1 aliphatic heterocycles. The first-order chi connectivity index (χ1) is 7.22. The third-order valence-electron chi connectivity index (χ3n) is 3.61. The first kappa shape index (κ1) is 13.0. The van der Waals surface area contributed by atoms with E-state index in [-0.39, 0.29) is 0 Å². The number of likely N-dealkylation sites (tertiary alicyclic amines) is 1. The first-order valence-corrected chi connectivity index (χ1v) is 6.64. The van der Waals surface area contributed by atoms with Crippen molar-refractivity contribution in [1.82, 2.24) is 10.2 Å². The minimum absolute atomic E-state index is 0.710. The molecule has 0 amide bonds. The van der Waals surface area contributed by atoms with E-state index in [1.165, 1.54) is 51.7 Å². The number of nitrogens with zero attached hydrogens (tertiary/aromatic N) is 1. The maximum Gasteiger partial charge on any atom is 0.00386 e. The van der Waals surface area contributed by atoms with Gasteiger partial charge in [0, 0.05) is 6.04 Å². The van der Waals surface area contributed by atoms with Gasteiger partial charge in [0.2, 0.25) is 0 Å². The summed E-state index contributed by atoms with van der Waals surface area (Å²) >= 11 is 0. The van der Waals surface area contributed by atoms with Crippen LogP contribution in [0.5, 0.6) is 0 Å². The van der Waals surface area contributed by atoms with Crippen LogP contribution in [0.1, 0.15) is 46.0 Å². The molecule has 1 heterocycles. The van der Waals surface area contributed by atoms with Crippen molar-refractivity contribution < 1.29 is 0 Å². The number of piperidine rings is 1. The Kier molecular flexibility index (Phi) is 6.26. The van der Waals surface area contributed by atoms with E-state index in [2.05, 4.69) is 31.1 Å². The molecule has 1 saturated heterocycles. The molecule has 0 saturated carbocycles. The zero-order chi connectivity index (χ0) is 11.1. The van der Waals surface area contributed by atoms with E-state index in [9.17, 15) is 0 Å². The summed E-state index contributed by atoms with van der Waals surface area (Å²) in [5, 5.41) is 3.63. The van der Waals surface area contributed by atoms with Crippen LogP contribution >= 0.6 is 0 Å². The van der Waals surface area contributed by atoms with Crippen LogP contribution in [0.4, 0.5) is 0 Å². The second-order valence-corrected chi connectivity index (χ2v) is 5.18. The third-order valence-corrected chi connectivity index (χ3v) is 3.61. The Morgan fingerprint density at radius 2 is 2.00 bits per heavy atom. The molecule has 0 aromatic heterocycles. The smallest absolute Gasteiger partial charge is 0.00386 e. The Balaban J connectivity index is 2.00. The van der Waals surface area contributed by atoms with Crippen LogP contribution < -0.4 is 5.32 Å². The SMILES string of the molecule is CCCC(C)NCCC1CCN(C)CC1. The van der Waals surface area contributed by atoms with Crippen molar-refractivity contribution in [3.8, 4) is 0 Å². The Hall–Kier alpha value is -0.0800. The molecule has 1 N–H and O–H groups in total. The fraction of sp³-hybridized carbons (Fsp3) is 1.00. The fourth-order valence-corrected chi connectivity index (χ4v) is 2.42. The topological polar surface area (TPSA) is 15.3 Å². The summed E-state index contributed by atoms with van der Waals surface area (Å²) in [6.07, 6.45) is 6.79. The van der Waals surface area contributed by atoms with Crippen LogP contribution in [0.25, 0.3) is 0 Å². The van der Waals surface area contributed by atoms with Crippen LogP contribution in [0, 0.1) is 5.92 Å². The summed E-state index contributed by atoms with van der Waals surface area (Å²) in [6, 6.07) is 0.710. The summed E-state index contributed by atoms with van der Waals surface area (Å²) in [7, 11) is 2.23. The molecule has 2 heteroatoms. The maximum atomic E-state index is 3.63. The lowest BCUT2D eigenvalue weighted by molar-refractivity contribution is 0.210. The lowest BCUT2D eigenvalue weighted by atomic mass is 9.94. The Bertz CT molecular complexity index is 151. The van der Waals surface area contributed by atoms with Crippen LogP contribution in [-0.2, 0) is 0 Å². The molecule has 1 atom stereocenters. The molecule has 15 heavy (non-hydrogen) atoms. The molecule has 1 aliphatic rings. The molecular weight excluding hydrogens is 184 g/mol. The number of rotatable bonds is 6. The van der Waals surface area contributed by atoms with E-state index < -0.39 is 0 Å². The predicted molar refractivity (Wildman–Crippen MR) is 67.2 cm³/mol. The molecule has 1 unspecified atom stereocenters. The highest BCUT2D eigenvalue weighted by molar-refractivity contribution is 4.71. The highest BCUT2D eigenvalue weighted by Crippen LogP contribution is 2.18. The van der Waals surface area contributed by atoms with E-state index >= 15 is 0 Å². The van der Waals surface area contributed by atoms with Gasteiger partial charge in [0.25, 0.3) is 0 Å². The highest BCUT2D eigenvalue weighted by Gasteiger charge is 2.15. The molecule has 1 rings (SSSR count). The standard InChI is InChI=1S/C13H28N2/c1-4-5-12(2)14-9-6-13-7-10-15(3)11-8-13/h12-14H,4-11H2,1-3H3. The molecule has 90 valence electrons. The Morgan fingerprint density at radius 3 is 2.60 bits per heavy atom. The van der Waals surface area contributed by atoms with Gasteiger partial charge < -0.3 is 10.2 Å². The van der Waals surface area contributed by atoms with E-state index in [4.69, 9.17) is 0 Å². The lowest BCUT2D eigenvalue weighted by Gasteiger charge is -2.29. The van der Waals surface area contributed by atoms with Gasteiger partial charge in [-0.25, -0.2) is 0 Å². The van der Waals surface area contributed by atoms with Gasteiger partial charge in [-0.2, -0.15) is 0 Å². The van der Waals surface area contributed by atoms with E-state index in [1.54, 1.807) is 0 Å². The minimum atomic E-state index is 0.710. The minimum Gasteiger partial charge on any atom is -0.314 e. The average Bonchev–Trinajstić information content (AvgIpc) is 2.21. The first-order valence-electron chi connectivity index (χ1n) is 6.64. The van der Waals surface area contributed by atoms with E-state index in [0.29, 0.717) is 6.04 Å². The number of hydrogen-bond donors (Lipinski definition) is 1. The van der Waals surface area contributed by atoms with Gasteiger partial charge in [0.05, 0.1) is 0 Å². The zero-order valence-electron chi connectivity index (χ0n) is 10.8. The van der Waals surface area contributed by atoms with E-state index in [1.807, 2.05) is 0 Å². The molecule has 0 radical (unpaired) electrons. The Morgan fingerprint density at radius 1 is 1.33 bits per heavy atom. The summed E-state index contributed by atoms with van der Waals surface area (Å²) in [4.78, 5) is 2.45. The maximum absolute atomic E-state index is 3.63. The lowest BCUT2D eigenvalue weighted by Crippen LogP contribution is -2.33. The number of hydrogen-bond acceptors (Lipinski definition) is 2. The van der Waals surface area contributed by atoms with Gasteiger partial charge in [-0.15, -0.1) is 0 Å². The second-order valence-electron chi connectivity index (χ2n) is 5.18. The van der Waals surface area contributed by atoms with Crippen molar-refractivity contribution in [3.63, 3.8) is 0 Å². The van der Waals surface area contributed by atoms with Crippen molar-refractivity contribution >= 4 is 0 Å². The average molecular weight is 212 g/mol. The van der Waals surface area contributed by atoms with Gasteiger partial charge in [-0.05, 0) is 65.2 Å². The van der Waals surface area contributed by atoms with Gasteiger partial charge in [-0.1, -0.05) is 13.3 Å². The van der Waals surface area contributed by atoms with Crippen molar-refractivity contribution in [3.05, 3.63) is 0 Å². The van der Waals surface area contributed by atoms with Crippen molar-refractivity contribution in [1.29, 1.82) is 0 Å². The summed E-state index contributed by atoms with van der Waals surface area (Å²) in [5.41, 5.74) is 0. The van der Waals surface area contributed by atoms with Crippen LogP contribution in [-0.4, -0.2) is 37.6 Å². The normalized spacial score (nSPS) is 21.8. The van der Waals surface area contributed by atoms with Crippen LogP contribution in [0.3, 0.4) is 0 Å². The molecule has 0 aromatic carbocycles. The third kappa shape index (κ3) is 5.53. The molecular formula is C13H28N2. The van der Waals surface area contributed by atoms with Gasteiger partial charge in [0.1, 0.15) is 0 Å². The van der Waals surface area contributed by atoms with Crippen LogP contribution in [0.2, 0.25) is 0 Å². The van der Waals surface area contributed by atoms with Crippen LogP contribution in [0.15, 0.2) is 0 Å². The molecule has 0 spiro atoms. The van der Waals surface area contributed by atoms with Crippen molar-refractivity contribution in [2.75, 3.05) is 26.7 Å². The predicted octanol–water partition coefficient (Wildman–Crippen LogP) is 2.50. The summed E-state index contributed by atoms with van der Waals surface area (Å²) < 4.78 is 0. The van der Waals surface area contributed by atoms with E-state index in [0.717, 1.165) is 5.92 Å². The zero-order valence-corrected chi connectivity index (χ0v) is 10.8. The molecule has 1 fully saturated rings. The van der Waals surface area contributed by atoms with Crippen molar-refractivity contribution in [2.24, 2.45) is 5.92 Å². The van der Waals surface area contributed by atoms with Gasteiger partial charge in [0.15, 0.2) is 0 Å². The summed E-state index contributed by atoms with van der Waals surface area (Å²) in [5.74, 6) is 0.975.